The Bertz CT molecular complexity index is 201. The molecular formula is C13H27NO5. The molecule has 0 rings (SSSR count). The maximum Gasteiger partial charge on any atom is 0.220 e. The summed E-state index contributed by atoms with van der Waals surface area (Å²) in [6.07, 6.45) is 2.55. The summed E-state index contributed by atoms with van der Waals surface area (Å²) in [5, 5.41) is 11.3. The van der Waals surface area contributed by atoms with Crippen molar-refractivity contribution in [2.45, 2.75) is 26.2 Å². The number of ether oxygens (including phenoxy) is 3. The van der Waals surface area contributed by atoms with Crippen molar-refractivity contribution in [2.75, 3.05) is 52.8 Å². The highest BCUT2D eigenvalue weighted by molar-refractivity contribution is 5.75. The number of aliphatic hydroxyl groups is 1. The van der Waals surface area contributed by atoms with Gasteiger partial charge < -0.3 is 24.6 Å². The predicted molar refractivity (Wildman–Crippen MR) is 72.1 cm³/mol. The molecule has 0 aromatic heterocycles. The van der Waals surface area contributed by atoms with Crippen LogP contribution in [0.2, 0.25) is 0 Å². The van der Waals surface area contributed by atoms with Crippen molar-refractivity contribution in [2.24, 2.45) is 0 Å². The molecule has 0 saturated carbocycles. The van der Waals surface area contributed by atoms with Crippen molar-refractivity contribution in [3.8, 4) is 0 Å². The summed E-state index contributed by atoms with van der Waals surface area (Å²) in [6, 6.07) is 0. The third-order valence-corrected chi connectivity index (χ3v) is 2.31. The maximum atomic E-state index is 11.2. The Morgan fingerprint density at radius 1 is 1.00 bits per heavy atom. The van der Waals surface area contributed by atoms with E-state index in [9.17, 15) is 4.79 Å². The average molecular weight is 277 g/mol. The SMILES string of the molecule is CCCCC(=O)NCCOCCOCCOCCO. The number of hydrogen-bond acceptors (Lipinski definition) is 5. The highest BCUT2D eigenvalue weighted by Gasteiger charge is 1.98. The zero-order valence-corrected chi connectivity index (χ0v) is 11.9. The van der Waals surface area contributed by atoms with Gasteiger partial charge in [0, 0.05) is 13.0 Å². The molecule has 6 nitrogen and oxygen atoms in total. The van der Waals surface area contributed by atoms with Crippen molar-refractivity contribution >= 4 is 5.91 Å². The van der Waals surface area contributed by atoms with Gasteiger partial charge in [-0.3, -0.25) is 4.79 Å². The fourth-order valence-corrected chi connectivity index (χ4v) is 1.29. The summed E-state index contributed by atoms with van der Waals surface area (Å²) in [5.74, 6) is 0.0859. The first kappa shape index (κ1) is 18.3. The number of unbranched alkanes of at least 4 members (excludes halogenated alkanes) is 1. The third-order valence-electron chi connectivity index (χ3n) is 2.31. The lowest BCUT2D eigenvalue weighted by Crippen LogP contribution is -2.27. The summed E-state index contributed by atoms with van der Waals surface area (Å²) >= 11 is 0. The molecule has 0 heterocycles. The molecule has 6 heteroatoms. The minimum absolute atomic E-state index is 0.0348. The number of carbonyl (C=O) groups excluding carboxylic acids is 1. The molecule has 19 heavy (non-hydrogen) atoms. The second-order valence-electron chi connectivity index (χ2n) is 4.01. The van der Waals surface area contributed by atoms with Crippen LogP contribution in [0.5, 0.6) is 0 Å². The molecule has 0 atom stereocenters. The number of amides is 1. The fraction of sp³-hybridized carbons (Fsp3) is 0.923. The number of nitrogens with one attached hydrogen (secondary N) is 1. The quantitative estimate of drug-likeness (QED) is 0.448. The molecule has 0 unspecified atom stereocenters. The van der Waals surface area contributed by atoms with Gasteiger partial charge in [0.1, 0.15) is 0 Å². The van der Waals surface area contributed by atoms with Gasteiger partial charge in [0.25, 0.3) is 0 Å². The van der Waals surface area contributed by atoms with Crippen molar-refractivity contribution < 1.29 is 24.1 Å². The number of carbonyl (C=O) groups is 1. The molecule has 114 valence electrons. The fourth-order valence-electron chi connectivity index (χ4n) is 1.29. The van der Waals surface area contributed by atoms with Crippen LogP contribution in [-0.4, -0.2) is 63.8 Å². The monoisotopic (exact) mass is 277 g/mol. The van der Waals surface area contributed by atoms with Crippen molar-refractivity contribution in [1.29, 1.82) is 0 Å². The van der Waals surface area contributed by atoms with E-state index >= 15 is 0 Å². The second-order valence-corrected chi connectivity index (χ2v) is 4.01. The van der Waals surface area contributed by atoms with E-state index in [1.807, 2.05) is 0 Å². The van der Waals surface area contributed by atoms with Crippen LogP contribution in [0.25, 0.3) is 0 Å². The first-order chi connectivity index (χ1) is 9.31. The third kappa shape index (κ3) is 15.3. The van der Waals surface area contributed by atoms with Gasteiger partial charge in [0.2, 0.25) is 5.91 Å². The first-order valence-electron chi connectivity index (χ1n) is 6.92. The molecule has 0 aliphatic rings. The minimum Gasteiger partial charge on any atom is -0.394 e. The maximum absolute atomic E-state index is 11.2. The topological polar surface area (TPSA) is 77.0 Å². The number of aliphatic hydroxyl groups excluding tert-OH is 1. The van der Waals surface area contributed by atoms with Gasteiger partial charge in [-0.25, -0.2) is 0 Å². The lowest BCUT2D eigenvalue weighted by atomic mass is 10.2. The average Bonchev–Trinajstić information content (AvgIpc) is 2.42. The van der Waals surface area contributed by atoms with E-state index < -0.39 is 0 Å². The summed E-state index contributed by atoms with van der Waals surface area (Å²) in [4.78, 5) is 11.2. The van der Waals surface area contributed by atoms with Crippen LogP contribution in [0.4, 0.5) is 0 Å². The van der Waals surface area contributed by atoms with Crippen LogP contribution < -0.4 is 5.32 Å². The molecule has 2 N–H and O–H groups in total. The van der Waals surface area contributed by atoms with Crippen LogP contribution in [0.3, 0.4) is 0 Å². The molecular weight excluding hydrogens is 250 g/mol. The summed E-state index contributed by atoms with van der Waals surface area (Å²) in [5.41, 5.74) is 0. The van der Waals surface area contributed by atoms with Crippen LogP contribution in [-0.2, 0) is 19.0 Å². The normalized spacial score (nSPS) is 10.6. The number of rotatable bonds is 14. The summed E-state index contributed by atoms with van der Waals surface area (Å²) in [7, 11) is 0. The zero-order chi connectivity index (χ0) is 14.2. The van der Waals surface area contributed by atoms with Crippen LogP contribution in [0, 0.1) is 0 Å². The van der Waals surface area contributed by atoms with Crippen LogP contribution in [0.1, 0.15) is 26.2 Å². The smallest absolute Gasteiger partial charge is 0.220 e. The highest BCUT2D eigenvalue weighted by Crippen LogP contribution is 1.92. The molecule has 0 radical (unpaired) electrons. The summed E-state index contributed by atoms with van der Waals surface area (Å²) in [6.45, 7) is 5.47. The second kappa shape index (κ2) is 15.4. The zero-order valence-electron chi connectivity index (χ0n) is 11.9. The standard InChI is InChI=1S/C13H27NO5/c1-2-3-4-13(16)14-5-7-17-9-11-19-12-10-18-8-6-15/h15H,2-12H2,1H3,(H,14,16). The van der Waals surface area contributed by atoms with E-state index in [-0.39, 0.29) is 12.5 Å². The lowest BCUT2D eigenvalue weighted by Gasteiger charge is -2.07. The van der Waals surface area contributed by atoms with Gasteiger partial charge in [-0.15, -0.1) is 0 Å². The van der Waals surface area contributed by atoms with E-state index in [2.05, 4.69) is 12.2 Å². The molecule has 1 amide bonds. The number of hydrogen-bond donors (Lipinski definition) is 2. The Hall–Kier alpha value is -0.690. The minimum atomic E-state index is 0.0348. The van der Waals surface area contributed by atoms with E-state index in [0.717, 1.165) is 12.8 Å². The van der Waals surface area contributed by atoms with Gasteiger partial charge in [-0.05, 0) is 6.42 Å². The Labute approximate surface area is 115 Å². The van der Waals surface area contributed by atoms with Crippen LogP contribution in [0.15, 0.2) is 0 Å². The van der Waals surface area contributed by atoms with Crippen molar-refractivity contribution in [1.82, 2.24) is 5.32 Å². The van der Waals surface area contributed by atoms with Gasteiger partial charge in [0.15, 0.2) is 0 Å². The Balaban J connectivity index is 3.04. The molecule has 0 aliphatic carbocycles. The van der Waals surface area contributed by atoms with Gasteiger partial charge in [-0.1, -0.05) is 13.3 Å². The molecule has 0 bridgehead atoms. The first-order valence-corrected chi connectivity index (χ1v) is 6.92. The van der Waals surface area contributed by atoms with Crippen molar-refractivity contribution in [3.63, 3.8) is 0 Å². The molecule has 0 saturated heterocycles. The van der Waals surface area contributed by atoms with Gasteiger partial charge in [-0.2, -0.15) is 0 Å². The molecule has 0 spiro atoms. The highest BCUT2D eigenvalue weighted by atomic mass is 16.5. The molecule has 0 fully saturated rings. The Morgan fingerprint density at radius 3 is 2.16 bits per heavy atom. The van der Waals surface area contributed by atoms with E-state index in [0.29, 0.717) is 52.6 Å². The lowest BCUT2D eigenvalue weighted by molar-refractivity contribution is -0.121. The molecule has 0 aromatic carbocycles. The largest absolute Gasteiger partial charge is 0.394 e. The van der Waals surface area contributed by atoms with Crippen molar-refractivity contribution in [3.05, 3.63) is 0 Å². The Kier molecular flexibility index (Phi) is 14.8. The molecule has 0 aromatic rings. The van der Waals surface area contributed by atoms with E-state index in [1.165, 1.54) is 0 Å². The summed E-state index contributed by atoms with van der Waals surface area (Å²) < 4.78 is 15.6. The van der Waals surface area contributed by atoms with Gasteiger partial charge >= 0.3 is 0 Å². The van der Waals surface area contributed by atoms with E-state index in [4.69, 9.17) is 19.3 Å². The predicted octanol–water partition coefficient (Wildman–Crippen LogP) is 0.335. The van der Waals surface area contributed by atoms with Gasteiger partial charge in [0.05, 0.1) is 46.2 Å². The van der Waals surface area contributed by atoms with Crippen LogP contribution >= 0.6 is 0 Å². The Morgan fingerprint density at radius 2 is 1.58 bits per heavy atom. The van der Waals surface area contributed by atoms with E-state index in [1.54, 1.807) is 0 Å². The molecule has 0 aliphatic heterocycles.